The Morgan fingerprint density at radius 3 is 2.70 bits per heavy atom. The molecule has 23 heavy (non-hydrogen) atoms. The van der Waals surface area contributed by atoms with Gasteiger partial charge in [0.25, 0.3) is 5.69 Å². The summed E-state index contributed by atoms with van der Waals surface area (Å²) in [6.45, 7) is 0. The van der Waals surface area contributed by atoms with Gasteiger partial charge >= 0.3 is 0 Å². The molecule has 0 aliphatic rings. The molecule has 0 fully saturated rings. The van der Waals surface area contributed by atoms with Crippen LogP contribution in [0.5, 0.6) is 0 Å². The summed E-state index contributed by atoms with van der Waals surface area (Å²) < 4.78 is 1.73. The molecular weight excluding hydrogens is 294 g/mol. The van der Waals surface area contributed by atoms with Crippen molar-refractivity contribution in [1.82, 2.24) is 14.8 Å². The number of hydrogen-bond acceptors (Lipinski definition) is 5. The number of nitro benzene ring substituents is 1. The predicted molar refractivity (Wildman–Crippen MR) is 83.2 cm³/mol. The van der Waals surface area contributed by atoms with E-state index in [1.807, 2.05) is 0 Å². The second-order valence-electron chi connectivity index (χ2n) is 4.95. The van der Waals surface area contributed by atoms with E-state index in [9.17, 15) is 10.1 Å². The number of non-ortho nitro benzene ring substituents is 1. The van der Waals surface area contributed by atoms with Crippen LogP contribution in [0.15, 0.2) is 48.8 Å². The van der Waals surface area contributed by atoms with E-state index in [4.69, 9.17) is 5.26 Å². The molecule has 7 heteroatoms. The highest BCUT2D eigenvalue weighted by Crippen LogP contribution is 2.33. The number of rotatable bonds is 3. The van der Waals surface area contributed by atoms with Crippen LogP contribution in [0, 0.1) is 21.4 Å². The maximum atomic E-state index is 11.0. The largest absolute Gasteiger partial charge is 0.317 e. The zero-order valence-electron chi connectivity index (χ0n) is 12.2. The normalized spacial score (nSPS) is 10.3. The smallest absolute Gasteiger partial charge is 0.270 e. The number of aryl methyl sites for hydroxylation is 1. The Kier molecular flexibility index (Phi) is 3.57. The lowest BCUT2D eigenvalue weighted by atomic mass is 9.97. The average molecular weight is 305 g/mol. The lowest BCUT2D eigenvalue weighted by molar-refractivity contribution is -0.384. The van der Waals surface area contributed by atoms with Gasteiger partial charge in [-0.15, -0.1) is 10.2 Å². The van der Waals surface area contributed by atoms with Crippen LogP contribution < -0.4 is 0 Å². The van der Waals surface area contributed by atoms with Gasteiger partial charge in [-0.1, -0.05) is 18.2 Å². The lowest BCUT2D eigenvalue weighted by Crippen LogP contribution is -1.95. The van der Waals surface area contributed by atoms with Crippen molar-refractivity contribution in [3.05, 3.63) is 64.5 Å². The quantitative estimate of drug-likeness (QED) is 0.547. The molecule has 0 bridgehead atoms. The molecule has 7 nitrogen and oxygen atoms in total. The van der Waals surface area contributed by atoms with Crippen LogP contribution in [0.4, 0.5) is 5.69 Å². The van der Waals surface area contributed by atoms with Crippen LogP contribution in [-0.4, -0.2) is 19.7 Å². The van der Waals surface area contributed by atoms with E-state index in [-0.39, 0.29) is 5.69 Å². The number of aromatic nitrogens is 3. The van der Waals surface area contributed by atoms with Crippen LogP contribution in [0.1, 0.15) is 5.56 Å². The molecule has 0 saturated carbocycles. The van der Waals surface area contributed by atoms with Crippen molar-refractivity contribution in [2.24, 2.45) is 7.05 Å². The van der Waals surface area contributed by atoms with Gasteiger partial charge in [0, 0.05) is 24.7 Å². The summed E-state index contributed by atoms with van der Waals surface area (Å²) in [5.41, 5.74) is 2.63. The fraction of sp³-hybridized carbons (Fsp3) is 0.0625. The van der Waals surface area contributed by atoms with Gasteiger partial charge in [-0.2, -0.15) is 5.26 Å². The standard InChI is InChI=1S/C16H11N5O2/c1-20-10-18-19-16(20)15-7-11(9-17)5-6-14(15)12-3-2-4-13(8-12)21(22)23/h2-8,10H,1H3. The van der Waals surface area contributed by atoms with E-state index >= 15 is 0 Å². The van der Waals surface area contributed by atoms with Gasteiger partial charge in [0.1, 0.15) is 6.33 Å². The summed E-state index contributed by atoms with van der Waals surface area (Å²) in [5.74, 6) is 0.587. The van der Waals surface area contributed by atoms with E-state index < -0.39 is 4.92 Å². The summed E-state index contributed by atoms with van der Waals surface area (Å²) in [6.07, 6.45) is 1.56. The Morgan fingerprint density at radius 2 is 2.04 bits per heavy atom. The van der Waals surface area contributed by atoms with Crippen LogP contribution in [0.25, 0.3) is 22.5 Å². The summed E-state index contributed by atoms with van der Waals surface area (Å²) >= 11 is 0. The van der Waals surface area contributed by atoms with Crippen molar-refractivity contribution >= 4 is 5.69 Å². The zero-order valence-corrected chi connectivity index (χ0v) is 12.2. The first kappa shape index (κ1) is 14.4. The molecule has 0 radical (unpaired) electrons. The summed E-state index contributed by atoms with van der Waals surface area (Å²) in [4.78, 5) is 10.6. The summed E-state index contributed by atoms with van der Waals surface area (Å²) in [5, 5.41) is 28.0. The van der Waals surface area contributed by atoms with Crippen molar-refractivity contribution in [2.45, 2.75) is 0 Å². The number of hydrogen-bond donors (Lipinski definition) is 0. The first-order valence-corrected chi connectivity index (χ1v) is 6.73. The third kappa shape index (κ3) is 2.65. The molecule has 0 N–H and O–H groups in total. The van der Waals surface area contributed by atoms with Crippen molar-refractivity contribution in [3.63, 3.8) is 0 Å². The minimum Gasteiger partial charge on any atom is -0.317 e. The molecule has 1 heterocycles. The van der Waals surface area contributed by atoms with Gasteiger partial charge in [0.15, 0.2) is 5.82 Å². The van der Waals surface area contributed by atoms with Gasteiger partial charge in [0.05, 0.1) is 16.6 Å². The first-order valence-electron chi connectivity index (χ1n) is 6.73. The topological polar surface area (TPSA) is 97.6 Å². The molecule has 3 rings (SSSR count). The molecule has 0 spiro atoms. The predicted octanol–water partition coefficient (Wildman–Crippen LogP) is 2.93. The SMILES string of the molecule is Cn1cnnc1-c1cc(C#N)ccc1-c1cccc([N+](=O)[O-])c1. The highest BCUT2D eigenvalue weighted by Gasteiger charge is 2.15. The molecule has 0 saturated heterocycles. The number of nitro groups is 1. The maximum absolute atomic E-state index is 11.0. The Morgan fingerprint density at radius 1 is 1.22 bits per heavy atom. The third-order valence-electron chi connectivity index (χ3n) is 3.47. The van der Waals surface area contributed by atoms with Gasteiger partial charge in [-0.05, 0) is 23.3 Å². The van der Waals surface area contributed by atoms with Crippen molar-refractivity contribution < 1.29 is 4.92 Å². The van der Waals surface area contributed by atoms with Gasteiger partial charge < -0.3 is 4.57 Å². The molecule has 3 aromatic rings. The zero-order chi connectivity index (χ0) is 16.4. The molecule has 2 aromatic carbocycles. The van der Waals surface area contributed by atoms with Crippen molar-refractivity contribution in [2.75, 3.05) is 0 Å². The Labute approximate surface area is 131 Å². The fourth-order valence-electron chi connectivity index (χ4n) is 2.36. The molecular formula is C16H11N5O2. The van der Waals surface area contributed by atoms with E-state index in [2.05, 4.69) is 16.3 Å². The second kappa shape index (κ2) is 5.69. The Balaban J connectivity index is 2.24. The lowest BCUT2D eigenvalue weighted by Gasteiger charge is -2.10. The number of nitriles is 1. The molecule has 112 valence electrons. The van der Waals surface area contributed by atoms with Crippen LogP contribution in [0.3, 0.4) is 0 Å². The average Bonchev–Trinajstić information content (AvgIpc) is 3.00. The van der Waals surface area contributed by atoms with E-state index in [0.29, 0.717) is 22.5 Å². The van der Waals surface area contributed by atoms with Crippen LogP contribution >= 0.6 is 0 Å². The van der Waals surface area contributed by atoms with Gasteiger partial charge in [-0.3, -0.25) is 10.1 Å². The summed E-state index contributed by atoms with van der Waals surface area (Å²) in [7, 11) is 1.80. The van der Waals surface area contributed by atoms with E-state index in [1.54, 1.807) is 48.3 Å². The highest BCUT2D eigenvalue weighted by atomic mass is 16.6. The Bertz CT molecular complexity index is 940. The monoisotopic (exact) mass is 305 g/mol. The van der Waals surface area contributed by atoms with E-state index in [0.717, 1.165) is 5.56 Å². The highest BCUT2D eigenvalue weighted by molar-refractivity contribution is 5.82. The summed E-state index contributed by atoms with van der Waals surface area (Å²) in [6, 6.07) is 13.6. The maximum Gasteiger partial charge on any atom is 0.270 e. The molecule has 0 unspecified atom stereocenters. The molecule has 1 aromatic heterocycles. The molecule has 0 amide bonds. The third-order valence-corrected chi connectivity index (χ3v) is 3.47. The van der Waals surface area contributed by atoms with Crippen molar-refractivity contribution in [3.8, 4) is 28.6 Å². The van der Waals surface area contributed by atoms with E-state index in [1.165, 1.54) is 12.1 Å². The van der Waals surface area contributed by atoms with Gasteiger partial charge in [-0.25, -0.2) is 0 Å². The molecule has 0 atom stereocenters. The number of nitrogens with zero attached hydrogens (tertiary/aromatic N) is 5. The van der Waals surface area contributed by atoms with Crippen molar-refractivity contribution in [1.29, 1.82) is 5.26 Å². The number of benzene rings is 2. The minimum absolute atomic E-state index is 0.00998. The van der Waals surface area contributed by atoms with Crippen LogP contribution in [0.2, 0.25) is 0 Å². The van der Waals surface area contributed by atoms with Gasteiger partial charge in [0.2, 0.25) is 0 Å². The molecule has 0 aliphatic carbocycles. The first-order chi connectivity index (χ1) is 11.1. The molecule has 0 aliphatic heterocycles. The fourth-order valence-corrected chi connectivity index (χ4v) is 2.36. The minimum atomic E-state index is -0.435. The van der Waals surface area contributed by atoms with Crippen LogP contribution in [-0.2, 0) is 7.05 Å². The second-order valence-corrected chi connectivity index (χ2v) is 4.95. The Hall–Kier alpha value is -3.53.